The van der Waals surface area contributed by atoms with Gasteiger partial charge in [-0.25, -0.2) is 0 Å². The lowest BCUT2D eigenvalue weighted by Gasteiger charge is -2.11. The first kappa shape index (κ1) is 13.4. The standard InChI is InChI=1S/C15H15ClN2O/c1-17(2)14-8-6-12(7-9-14)11-18(19)15-5-3-4-13(16)10-15/h3-11H,1-2H3/b18-11-. The molecule has 0 aromatic heterocycles. The monoisotopic (exact) mass is 274 g/mol. The van der Waals surface area contributed by atoms with Gasteiger partial charge in [-0.15, -0.1) is 0 Å². The van der Waals surface area contributed by atoms with Crippen molar-refractivity contribution in [1.82, 2.24) is 0 Å². The Hall–Kier alpha value is -2.00. The predicted molar refractivity (Wildman–Crippen MR) is 80.7 cm³/mol. The fourth-order valence-electron chi connectivity index (χ4n) is 1.68. The van der Waals surface area contributed by atoms with Crippen LogP contribution in [0.3, 0.4) is 0 Å². The molecule has 4 heteroatoms. The zero-order chi connectivity index (χ0) is 13.8. The van der Waals surface area contributed by atoms with Crippen LogP contribution in [0.5, 0.6) is 0 Å². The molecule has 98 valence electrons. The Labute approximate surface area is 117 Å². The minimum absolute atomic E-state index is 0.518. The Morgan fingerprint density at radius 1 is 1.11 bits per heavy atom. The Balaban J connectivity index is 2.25. The third-order valence-electron chi connectivity index (χ3n) is 2.74. The van der Waals surface area contributed by atoms with Crippen molar-refractivity contribution in [3.05, 3.63) is 64.3 Å². The van der Waals surface area contributed by atoms with Crippen LogP contribution in [0.2, 0.25) is 5.02 Å². The summed E-state index contributed by atoms with van der Waals surface area (Å²) < 4.78 is 0.816. The molecular formula is C15H15ClN2O. The van der Waals surface area contributed by atoms with Crippen molar-refractivity contribution in [3.63, 3.8) is 0 Å². The smallest absolute Gasteiger partial charge is 0.217 e. The van der Waals surface area contributed by atoms with E-state index in [1.807, 2.05) is 43.3 Å². The first-order valence-electron chi connectivity index (χ1n) is 5.90. The Morgan fingerprint density at radius 3 is 2.37 bits per heavy atom. The molecule has 0 spiro atoms. The maximum Gasteiger partial charge on any atom is 0.217 e. The highest BCUT2D eigenvalue weighted by Gasteiger charge is 2.03. The lowest BCUT2D eigenvalue weighted by Crippen LogP contribution is -2.08. The molecule has 0 fully saturated rings. The second-order valence-corrected chi connectivity index (χ2v) is 4.86. The molecule has 0 aliphatic heterocycles. The molecule has 2 aromatic carbocycles. The number of halogens is 1. The van der Waals surface area contributed by atoms with Crippen LogP contribution >= 0.6 is 11.6 Å². The van der Waals surface area contributed by atoms with Gasteiger partial charge in [-0.05, 0) is 30.3 Å². The van der Waals surface area contributed by atoms with Gasteiger partial charge in [0.2, 0.25) is 5.69 Å². The van der Waals surface area contributed by atoms with Crippen molar-refractivity contribution in [1.29, 1.82) is 0 Å². The number of rotatable bonds is 3. The fraction of sp³-hybridized carbons (Fsp3) is 0.133. The molecule has 0 saturated heterocycles. The molecule has 0 bridgehead atoms. The second-order valence-electron chi connectivity index (χ2n) is 4.42. The van der Waals surface area contributed by atoms with Crippen LogP contribution in [0.25, 0.3) is 0 Å². The highest BCUT2D eigenvalue weighted by atomic mass is 35.5. The third kappa shape index (κ3) is 3.48. The van der Waals surface area contributed by atoms with Crippen LogP contribution in [-0.2, 0) is 0 Å². The summed E-state index contributed by atoms with van der Waals surface area (Å²) in [6, 6.07) is 14.6. The summed E-state index contributed by atoms with van der Waals surface area (Å²) in [6.45, 7) is 0. The maximum absolute atomic E-state index is 12.0. The lowest BCUT2D eigenvalue weighted by molar-refractivity contribution is -0.354. The van der Waals surface area contributed by atoms with E-state index in [0.29, 0.717) is 10.7 Å². The summed E-state index contributed by atoms with van der Waals surface area (Å²) in [5.41, 5.74) is 2.46. The van der Waals surface area contributed by atoms with Gasteiger partial charge in [0, 0.05) is 42.5 Å². The zero-order valence-corrected chi connectivity index (χ0v) is 11.6. The molecule has 19 heavy (non-hydrogen) atoms. The first-order valence-corrected chi connectivity index (χ1v) is 6.28. The van der Waals surface area contributed by atoms with Crippen LogP contribution in [-0.4, -0.2) is 25.0 Å². The van der Waals surface area contributed by atoms with E-state index in [1.54, 1.807) is 24.3 Å². The van der Waals surface area contributed by atoms with Gasteiger partial charge in [0.25, 0.3) is 0 Å². The third-order valence-corrected chi connectivity index (χ3v) is 2.97. The number of anilines is 1. The van der Waals surface area contributed by atoms with Crippen LogP contribution in [0.1, 0.15) is 5.56 Å². The predicted octanol–water partition coefficient (Wildman–Crippen LogP) is 3.67. The van der Waals surface area contributed by atoms with Gasteiger partial charge in [-0.1, -0.05) is 17.7 Å². The Kier molecular flexibility index (Phi) is 4.07. The van der Waals surface area contributed by atoms with E-state index < -0.39 is 0 Å². The fourth-order valence-corrected chi connectivity index (χ4v) is 1.87. The summed E-state index contributed by atoms with van der Waals surface area (Å²) in [5, 5.41) is 12.5. The minimum atomic E-state index is 0.518. The molecule has 0 unspecified atom stereocenters. The van der Waals surface area contributed by atoms with Crippen molar-refractivity contribution in [2.24, 2.45) is 0 Å². The van der Waals surface area contributed by atoms with Gasteiger partial charge in [-0.3, -0.25) is 0 Å². The largest absolute Gasteiger partial charge is 0.618 e. The van der Waals surface area contributed by atoms with Crippen molar-refractivity contribution >= 4 is 29.2 Å². The van der Waals surface area contributed by atoms with Gasteiger partial charge in [-0.2, -0.15) is 4.74 Å². The van der Waals surface area contributed by atoms with E-state index in [2.05, 4.69) is 0 Å². The molecule has 3 nitrogen and oxygen atoms in total. The SMILES string of the molecule is CN(C)c1ccc(/C=[N+](\[O-])c2cccc(Cl)c2)cc1. The topological polar surface area (TPSA) is 29.3 Å². The van der Waals surface area contributed by atoms with E-state index in [0.717, 1.165) is 16.0 Å². The van der Waals surface area contributed by atoms with Crippen LogP contribution in [0, 0.1) is 5.21 Å². The molecule has 0 heterocycles. The quantitative estimate of drug-likeness (QED) is 0.370. The number of hydrogen-bond acceptors (Lipinski definition) is 2. The average molecular weight is 275 g/mol. The molecule has 0 saturated carbocycles. The van der Waals surface area contributed by atoms with Gasteiger partial charge in [0.15, 0.2) is 6.21 Å². The highest BCUT2D eigenvalue weighted by Crippen LogP contribution is 2.17. The van der Waals surface area contributed by atoms with Gasteiger partial charge in [0.05, 0.1) is 0 Å². The van der Waals surface area contributed by atoms with Gasteiger partial charge in [0.1, 0.15) is 0 Å². The minimum Gasteiger partial charge on any atom is -0.618 e. The van der Waals surface area contributed by atoms with Crippen molar-refractivity contribution in [2.45, 2.75) is 0 Å². The lowest BCUT2D eigenvalue weighted by atomic mass is 10.2. The van der Waals surface area contributed by atoms with Crippen LogP contribution in [0.4, 0.5) is 11.4 Å². The number of hydrogen-bond donors (Lipinski definition) is 0. The van der Waals surface area contributed by atoms with Crippen LogP contribution in [0.15, 0.2) is 48.5 Å². The summed E-state index contributed by atoms with van der Waals surface area (Å²) >= 11 is 5.86. The zero-order valence-electron chi connectivity index (χ0n) is 10.9. The van der Waals surface area contributed by atoms with Crippen molar-refractivity contribution in [3.8, 4) is 0 Å². The molecule has 2 aromatic rings. The van der Waals surface area contributed by atoms with Crippen LogP contribution < -0.4 is 4.90 Å². The average Bonchev–Trinajstić information content (AvgIpc) is 2.39. The van der Waals surface area contributed by atoms with E-state index in [9.17, 15) is 5.21 Å². The Morgan fingerprint density at radius 2 is 1.79 bits per heavy atom. The molecule has 0 atom stereocenters. The van der Waals surface area contributed by atoms with E-state index >= 15 is 0 Å². The van der Waals surface area contributed by atoms with Gasteiger partial charge < -0.3 is 10.1 Å². The van der Waals surface area contributed by atoms with E-state index in [4.69, 9.17) is 11.6 Å². The van der Waals surface area contributed by atoms with E-state index in [1.165, 1.54) is 6.21 Å². The van der Waals surface area contributed by atoms with Gasteiger partial charge >= 0.3 is 0 Å². The summed E-state index contributed by atoms with van der Waals surface area (Å²) in [6.07, 6.45) is 1.53. The molecule has 0 amide bonds. The molecule has 0 radical (unpaired) electrons. The number of nitrogens with zero attached hydrogens (tertiary/aromatic N) is 2. The summed E-state index contributed by atoms with van der Waals surface area (Å²) in [7, 11) is 3.95. The normalized spacial score (nSPS) is 11.4. The van der Waals surface area contributed by atoms with Crippen molar-refractivity contribution < 1.29 is 4.74 Å². The highest BCUT2D eigenvalue weighted by molar-refractivity contribution is 6.30. The van der Waals surface area contributed by atoms with E-state index in [-0.39, 0.29) is 0 Å². The Bertz CT molecular complexity index is 591. The summed E-state index contributed by atoms with van der Waals surface area (Å²) in [5.74, 6) is 0. The molecule has 2 rings (SSSR count). The van der Waals surface area contributed by atoms with Crippen molar-refractivity contribution in [2.75, 3.05) is 19.0 Å². The molecule has 0 N–H and O–H groups in total. The first-order chi connectivity index (χ1) is 9.06. The maximum atomic E-state index is 12.0. The molecule has 0 aliphatic carbocycles. The summed E-state index contributed by atoms with van der Waals surface area (Å²) in [4.78, 5) is 2.01. The molecular weight excluding hydrogens is 260 g/mol. The molecule has 0 aliphatic rings. The second kappa shape index (κ2) is 5.76. The number of benzene rings is 2.